The highest BCUT2D eigenvalue weighted by molar-refractivity contribution is 5.97. The van der Waals surface area contributed by atoms with Crippen molar-refractivity contribution in [3.8, 4) is 17.0 Å². The van der Waals surface area contributed by atoms with Crippen LogP contribution in [0.1, 0.15) is 41.5 Å². The van der Waals surface area contributed by atoms with E-state index in [1.165, 1.54) is 19.2 Å². The first-order valence-electron chi connectivity index (χ1n) is 10.7. The summed E-state index contributed by atoms with van der Waals surface area (Å²) in [7, 11) is 1.44. The Morgan fingerprint density at radius 2 is 2.00 bits per heavy atom. The molecule has 1 saturated carbocycles. The summed E-state index contributed by atoms with van der Waals surface area (Å²) in [4.78, 5) is 21.7. The van der Waals surface area contributed by atoms with Crippen LogP contribution in [0.25, 0.3) is 16.8 Å². The molecule has 3 N–H and O–H groups in total. The molecule has 1 fully saturated rings. The zero-order chi connectivity index (χ0) is 23.2. The first-order chi connectivity index (χ1) is 15.9. The highest BCUT2D eigenvalue weighted by Crippen LogP contribution is 2.48. The van der Waals surface area contributed by atoms with Crippen molar-refractivity contribution in [3.63, 3.8) is 0 Å². The molecule has 8 heteroatoms. The lowest BCUT2D eigenvalue weighted by Gasteiger charge is -2.10. The fourth-order valence-corrected chi connectivity index (χ4v) is 4.02. The number of nitrogens with two attached hydrogens (primary N) is 1. The van der Waals surface area contributed by atoms with Gasteiger partial charge in [-0.1, -0.05) is 31.2 Å². The van der Waals surface area contributed by atoms with Crippen LogP contribution in [-0.4, -0.2) is 27.4 Å². The standard InChI is InChI=1S/C25H24FN5O2/c1-25(9-10-25)24-30-20(21-22(27)28-11-12-31(21)24)16-5-3-15(4-6-16)14-29-23(32)18-13-17(26)7-8-19(18)33-2/h3-8,11-13H,9-10,14H2,1-2H3,(H2,27,28)(H,29,32). The summed E-state index contributed by atoms with van der Waals surface area (Å²) in [5.41, 5.74) is 9.85. The van der Waals surface area contributed by atoms with Crippen LogP contribution in [0.2, 0.25) is 0 Å². The highest BCUT2D eigenvalue weighted by Gasteiger charge is 2.43. The van der Waals surface area contributed by atoms with E-state index in [4.69, 9.17) is 15.5 Å². The van der Waals surface area contributed by atoms with Crippen molar-refractivity contribution in [2.24, 2.45) is 0 Å². The van der Waals surface area contributed by atoms with Crippen LogP contribution in [0, 0.1) is 5.82 Å². The number of carbonyl (C=O) groups is 1. The van der Waals surface area contributed by atoms with E-state index in [1.807, 2.05) is 34.9 Å². The Morgan fingerprint density at radius 3 is 2.70 bits per heavy atom. The fraction of sp³-hybridized carbons (Fsp3) is 0.240. The summed E-state index contributed by atoms with van der Waals surface area (Å²) in [5, 5.41) is 2.81. The van der Waals surface area contributed by atoms with Gasteiger partial charge in [-0.3, -0.25) is 9.20 Å². The summed E-state index contributed by atoms with van der Waals surface area (Å²) in [6.07, 6.45) is 5.80. The van der Waals surface area contributed by atoms with Gasteiger partial charge in [0, 0.05) is 29.9 Å². The Kier molecular flexibility index (Phi) is 5.00. The summed E-state index contributed by atoms with van der Waals surface area (Å²) >= 11 is 0. The van der Waals surface area contributed by atoms with Gasteiger partial charge >= 0.3 is 0 Å². The van der Waals surface area contributed by atoms with Gasteiger partial charge < -0.3 is 15.8 Å². The van der Waals surface area contributed by atoms with Gasteiger partial charge in [0.15, 0.2) is 0 Å². The lowest BCUT2D eigenvalue weighted by atomic mass is 10.1. The normalized spacial score (nSPS) is 14.3. The molecule has 0 unspecified atom stereocenters. The van der Waals surface area contributed by atoms with Crippen molar-refractivity contribution in [2.75, 3.05) is 12.8 Å². The maximum Gasteiger partial charge on any atom is 0.255 e. The van der Waals surface area contributed by atoms with E-state index in [0.29, 0.717) is 11.6 Å². The number of carbonyl (C=O) groups excluding carboxylic acids is 1. The van der Waals surface area contributed by atoms with Crippen molar-refractivity contribution >= 4 is 17.2 Å². The number of ether oxygens (including phenoxy) is 1. The van der Waals surface area contributed by atoms with Gasteiger partial charge in [0.2, 0.25) is 0 Å². The number of anilines is 1. The number of hydrogen-bond acceptors (Lipinski definition) is 5. The highest BCUT2D eigenvalue weighted by atomic mass is 19.1. The first-order valence-corrected chi connectivity index (χ1v) is 10.7. The molecule has 1 aliphatic rings. The molecule has 4 aromatic rings. The SMILES string of the molecule is COc1ccc(F)cc1C(=O)NCc1ccc(-c2nc(C3(C)CC3)n3ccnc(N)c23)cc1. The summed E-state index contributed by atoms with van der Waals surface area (Å²) < 4.78 is 20.8. The number of hydrogen-bond donors (Lipinski definition) is 2. The molecule has 0 aliphatic heterocycles. The topological polar surface area (TPSA) is 94.5 Å². The Hall–Kier alpha value is -3.94. The predicted octanol–water partition coefficient (Wildman–Crippen LogP) is 4.11. The molecule has 1 aliphatic carbocycles. The minimum Gasteiger partial charge on any atom is -0.496 e. The number of halogens is 1. The zero-order valence-electron chi connectivity index (χ0n) is 18.4. The second kappa shape index (κ2) is 7.88. The Bertz CT molecular complexity index is 1360. The molecule has 0 radical (unpaired) electrons. The number of benzene rings is 2. The average molecular weight is 445 g/mol. The van der Waals surface area contributed by atoms with E-state index in [1.54, 1.807) is 6.20 Å². The second-order valence-corrected chi connectivity index (χ2v) is 8.60. The molecular formula is C25H24FN5O2. The Balaban J connectivity index is 1.38. The quantitative estimate of drug-likeness (QED) is 0.466. The maximum atomic E-state index is 13.6. The minimum absolute atomic E-state index is 0.0666. The molecule has 2 aromatic heterocycles. The number of nitrogens with zero attached hydrogens (tertiary/aromatic N) is 3. The van der Waals surface area contributed by atoms with E-state index in [2.05, 4.69) is 17.2 Å². The van der Waals surface area contributed by atoms with Gasteiger partial charge in [-0.05, 0) is 36.6 Å². The first kappa shape index (κ1) is 20.9. The van der Waals surface area contributed by atoms with Crippen LogP contribution in [0.4, 0.5) is 10.2 Å². The van der Waals surface area contributed by atoms with Gasteiger partial charge in [0.05, 0.1) is 12.7 Å². The number of amides is 1. The van der Waals surface area contributed by atoms with Crippen LogP contribution in [0.5, 0.6) is 5.75 Å². The van der Waals surface area contributed by atoms with Crippen LogP contribution in [0.15, 0.2) is 54.9 Å². The van der Waals surface area contributed by atoms with E-state index >= 15 is 0 Å². The van der Waals surface area contributed by atoms with Crippen LogP contribution < -0.4 is 15.8 Å². The van der Waals surface area contributed by atoms with Crippen LogP contribution >= 0.6 is 0 Å². The van der Waals surface area contributed by atoms with E-state index in [9.17, 15) is 9.18 Å². The molecule has 168 valence electrons. The molecule has 0 saturated heterocycles. The number of rotatable bonds is 6. The lowest BCUT2D eigenvalue weighted by molar-refractivity contribution is 0.0947. The third-order valence-electron chi connectivity index (χ3n) is 6.21. The van der Waals surface area contributed by atoms with Crippen molar-refractivity contribution in [3.05, 3.63) is 77.6 Å². The number of nitrogen functional groups attached to an aromatic ring is 1. The van der Waals surface area contributed by atoms with E-state index in [-0.39, 0.29) is 17.5 Å². The third-order valence-corrected chi connectivity index (χ3v) is 6.21. The molecule has 0 atom stereocenters. The van der Waals surface area contributed by atoms with Crippen molar-refractivity contribution in [1.82, 2.24) is 19.7 Å². The molecule has 5 rings (SSSR count). The summed E-state index contributed by atoms with van der Waals surface area (Å²) in [5.74, 6) is 0.864. The molecule has 33 heavy (non-hydrogen) atoms. The van der Waals surface area contributed by atoms with Crippen LogP contribution in [-0.2, 0) is 12.0 Å². The molecular weight excluding hydrogens is 421 g/mol. The molecule has 2 heterocycles. The summed E-state index contributed by atoms with van der Waals surface area (Å²) in [6, 6.07) is 11.6. The summed E-state index contributed by atoms with van der Waals surface area (Å²) in [6.45, 7) is 2.50. The third kappa shape index (κ3) is 3.77. The maximum absolute atomic E-state index is 13.6. The molecule has 2 aromatic carbocycles. The number of fused-ring (bicyclic) bond motifs is 1. The van der Waals surface area contributed by atoms with E-state index in [0.717, 1.165) is 47.1 Å². The monoisotopic (exact) mass is 445 g/mol. The van der Waals surface area contributed by atoms with E-state index < -0.39 is 11.7 Å². The number of nitrogens with one attached hydrogen (secondary N) is 1. The van der Waals surface area contributed by atoms with Gasteiger partial charge in [-0.15, -0.1) is 0 Å². The zero-order valence-corrected chi connectivity index (χ0v) is 18.4. The number of imidazole rings is 1. The van der Waals surface area contributed by atoms with Gasteiger partial charge in [0.25, 0.3) is 5.91 Å². The van der Waals surface area contributed by atoms with Gasteiger partial charge in [-0.25, -0.2) is 14.4 Å². The molecule has 7 nitrogen and oxygen atoms in total. The largest absolute Gasteiger partial charge is 0.496 e. The van der Waals surface area contributed by atoms with Crippen molar-refractivity contribution < 1.29 is 13.9 Å². The van der Waals surface area contributed by atoms with Gasteiger partial charge in [-0.2, -0.15) is 0 Å². The number of methoxy groups -OCH3 is 1. The smallest absolute Gasteiger partial charge is 0.255 e. The molecule has 0 bridgehead atoms. The number of aromatic nitrogens is 3. The fourth-order valence-electron chi connectivity index (χ4n) is 4.02. The Morgan fingerprint density at radius 1 is 1.24 bits per heavy atom. The van der Waals surface area contributed by atoms with Crippen molar-refractivity contribution in [1.29, 1.82) is 0 Å². The average Bonchev–Trinajstić information content (AvgIpc) is 3.44. The van der Waals surface area contributed by atoms with Crippen LogP contribution in [0.3, 0.4) is 0 Å². The second-order valence-electron chi connectivity index (χ2n) is 8.60. The predicted molar refractivity (Wildman–Crippen MR) is 124 cm³/mol. The van der Waals surface area contributed by atoms with Gasteiger partial charge in [0.1, 0.15) is 34.4 Å². The Labute approximate surface area is 190 Å². The lowest BCUT2D eigenvalue weighted by Crippen LogP contribution is -2.23. The molecule has 0 spiro atoms. The minimum atomic E-state index is -0.495. The molecule has 1 amide bonds. The van der Waals surface area contributed by atoms with Crippen molar-refractivity contribution in [2.45, 2.75) is 31.7 Å².